The van der Waals surface area contributed by atoms with Gasteiger partial charge in [0.1, 0.15) is 11.5 Å². The molecule has 1 aromatic carbocycles. The Morgan fingerprint density at radius 1 is 1.24 bits per heavy atom. The van der Waals surface area contributed by atoms with Crippen LogP contribution in [0.5, 0.6) is 5.75 Å². The SMILES string of the molecule is CCCOc1cccc(CNC(C)CCc2ccco2)c1. The van der Waals surface area contributed by atoms with E-state index in [1.54, 1.807) is 6.26 Å². The van der Waals surface area contributed by atoms with Crippen molar-refractivity contribution in [2.24, 2.45) is 0 Å². The smallest absolute Gasteiger partial charge is 0.119 e. The molecule has 0 aliphatic heterocycles. The minimum atomic E-state index is 0.454. The van der Waals surface area contributed by atoms with Gasteiger partial charge >= 0.3 is 0 Å². The quantitative estimate of drug-likeness (QED) is 0.751. The predicted octanol–water partition coefficient (Wildman–Crippen LogP) is 4.18. The molecule has 21 heavy (non-hydrogen) atoms. The summed E-state index contributed by atoms with van der Waals surface area (Å²) in [5.74, 6) is 2.01. The molecule has 0 aliphatic rings. The predicted molar refractivity (Wildman–Crippen MR) is 85.6 cm³/mol. The molecule has 0 spiro atoms. The summed E-state index contributed by atoms with van der Waals surface area (Å²) in [5.41, 5.74) is 1.26. The number of rotatable bonds is 9. The average Bonchev–Trinajstić information content (AvgIpc) is 3.03. The van der Waals surface area contributed by atoms with Crippen molar-refractivity contribution in [2.75, 3.05) is 6.61 Å². The largest absolute Gasteiger partial charge is 0.494 e. The van der Waals surface area contributed by atoms with Gasteiger partial charge < -0.3 is 14.5 Å². The first-order valence-corrected chi connectivity index (χ1v) is 7.75. The van der Waals surface area contributed by atoms with Gasteiger partial charge in [0.05, 0.1) is 12.9 Å². The highest BCUT2D eigenvalue weighted by atomic mass is 16.5. The lowest BCUT2D eigenvalue weighted by Crippen LogP contribution is -2.25. The fourth-order valence-corrected chi connectivity index (χ4v) is 2.17. The second-order valence-corrected chi connectivity index (χ2v) is 5.40. The normalized spacial score (nSPS) is 12.3. The molecule has 1 heterocycles. The van der Waals surface area contributed by atoms with Crippen molar-refractivity contribution in [3.63, 3.8) is 0 Å². The first-order chi connectivity index (χ1) is 10.3. The van der Waals surface area contributed by atoms with E-state index in [0.29, 0.717) is 6.04 Å². The number of hydrogen-bond donors (Lipinski definition) is 1. The molecule has 1 N–H and O–H groups in total. The molecule has 0 saturated carbocycles. The van der Waals surface area contributed by atoms with Crippen LogP contribution in [0.1, 0.15) is 38.0 Å². The molecule has 0 saturated heterocycles. The summed E-state index contributed by atoms with van der Waals surface area (Å²) in [7, 11) is 0. The first-order valence-electron chi connectivity index (χ1n) is 7.75. The second kappa shape index (κ2) is 8.53. The maximum atomic E-state index is 5.66. The standard InChI is InChI=1S/C18H25NO2/c1-3-11-20-18-7-4-6-16(13-18)14-19-15(2)9-10-17-8-5-12-21-17/h4-8,12-13,15,19H,3,9-11,14H2,1-2H3. The van der Waals surface area contributed by atoms with Gasteiger partial charge in [-0.2, -0.15) is 0 Å². The molecular weight excluding hydrogens is 262 g/mol. The van der Waals surface area contributed by atoms with Gasteiger partial charge in [-0.25, -0.2) is 0 Å². The van der Waals surface area contributed by atoms with Crippen molar-refractivity contribution >= 4 is 0 Å². The van der Waals surface area contributed by atoms with Crippen LogP contribution in [0.15, 0.2) is 47.1 Å². The Kier molecular flexibility index (Phi) is 6.35. The van der Waals surface area contributed by atoms with E-state index in [-0.39, 0.29) is 0 Å². The fourth-order valence-electron chi connectivity index (χ4n) is 2.17. The van der Waals surface area contributed by atoms with E-state index in [1.807, 2.05) is 18.2 Å². The van der Waals surface area contributed by atoms with Crippen molar-refractivity contribution in [1.29, 1.82) is 0 Å². The van der Waals surface area contributed by atoms with E-state index in [4.69, 9.17) is 9.15 Å². The highest BCUT2D eigenvalue weighted by molar-refractivity contribution is 5.28. The van der Waals surface area contributed by atoms with Crippen molar-refractivity contribution < 1.29 is 9.15 Å². The van der Waals surface area contributed by atoms with E-state index in [9.17, 15) is 0 Å². The molecule has 2 rings (SSSR count). The van der Waals surface area contributed by atoms with Crippen LogP contribution in [0.3, 0.4) is 0 Å². The molecule has 1 aromatic heterocycles. The highest BCUT2D eigenvalue weighted by Crippen LogP contribution is 2.14. The molecule has 0 fully saturated rings. The van der Waals surface area contributed by atoms with Crippen LogP contribution in [0.2, 0.25) is 0 Å². The molecule has 0 amide bonds. The van der Waals surface area contributed by atoms with Crippen molar-refractivity contribution in [2.45, 2.75) is 45.7 Å². The lowest BCUT2D eigenvalue weighted by molar-refractivity contribution is 0.317. The molecule has 1 atom stereocenters. The molecule has 0 bridgehead atoms. The number of aryl methyl sites for hydroxylation is 1. The molecule has 0 radical (unpaired) electrons. The highest BCUT2D eigenvalue weighted by Gasteiger charge is 2.04. The lowest BCUT2D eigenvalue weighted by Gasteiger charge is -2.14. The summed E-state index contributed by atoms with van der Waals surface area (Å²) < 4.78 is 11.0. The Morgan fingerprint density at radius 2 is 2.14 bits per heavy atom. The van der Waals surface area contributed by atoms with Gasteiger partial charge in [0.2, 0.25) is 0 Å². The van der Waals surface area contributed by atoms with Crippen LogP contribution in [-0.4, -0.2) is 12.6 Å². The number of hydrogen-bond acceptors (Lipinski definition) is 3. The van der Waals surface area contributed by atoms with Crippen molar-refractivity contribution in [3.05, 3.63) is 54.0 Å². The van der Waals surface area contributed by atoms with Crippen LogP contribution in [0.25, 0.3) is 0 Å². The Bertz CT molecular complexity index is 508. The van der Waals surface area contributed by atoms with Crippen LogP contribution in [-0.2, 0) is 13.0 Å². The van der Waals surface area contributed by atoms with E-state index < -0.39 is 0 Å². The summed E-state index contributed by atoms with van der Waals surface area (Å²) in [5, 5.41) is 3.55. The topological polar surface area (TPSA) is 34.4 Å². The van der Waals surface area contributed by atoms with Gasteiger partial charge in [-0.3, -0.25) is 0 Å². The zero-order valence-corrected chi connectivity index (χ0v) is 13.0. The molecule has 3 nitrogen and oxygen atoms in total. The van der Waals surface area contributed by atoms with Crippen molar-refractivity contribution in [3.8, 4) is 5.75 Å². The minimum Gasteiger partial charge on any atom is -0.494 e. The third-order valence-corrected chi connectivity index (χ3v) is 3.43. The number of benzene rings is 1. The van der Waals surface area contributed by atoms with E-state index in [0.717, 1.165) is 43.9 Å². The second-order valence-electron chi connectivity index (χ2n) is 5.40. The summed E-state index contributed by atoms with van der Waals surface area (Å²) in [6, 6.07) is 12.7. The molecule has 2 aromatic rings. The monoisotopic (exact) mass is 287 g/mol. The van der Waals surface area contributed by atoms with Gasteiger partial charge in [-0.15, -0.1) is 0 Å². The Morgan fingerprint density at radius 3 is 2.90 bits per heavy atom. The zero-order chi connectivity index (χ0) is 14.9. The van der Waals surface area contributed by atoms with Gasteiger partial charge in [-0.05, 0) is 49.6 Å². The van der Waals surface area contributed by atoms with E-state index in [1.165, 1.54) is 5.56 Å². The molecule has 0 aliphatic carbocycles. The fraction of sp³-hybridized carbons (Fsp3) is 0.444. The van der Waals surface area contributed by atoms with Crippen LogP contribution in [0.4, 0.5) is 0 Å². The van der Waals surface area contributed by atoms with Gasteiger partial charge in [0, 0.05) is 19.0 Å². The summed E-state index contributed by atoms with van der Waals surface area (Å²) in [6.45, 7) is 5.96. The molecular formula is C18H25NO2. The Labute approximate surface area is 127 Å². The van der Waals surface area contributed by atoms with Gasteiger partial charge in [-0.1, -0.05) is 19.1 Å². The minimum absolute atomic E-state index is 0.454. The molecule has 1 unspecified atom stereocenters. The maximum Gasteiger partial charge on any atom is 0.119 e. The zero-order valence-electron chi connectivity index (χ0n) is 13.0. The average molecular weight is 287 g/mol. The van der Waals surface area contributed by atoms with E-state index >= 15 is 0 Å². The maximum absolute atomic E-state index is 5.66. The molecule has 3 heteroatoms. The summed E-state index contributed by atoms with van der Waals surface area (Å²) in [6.07, 6.45) is 4.81. The summed E-state index contributed by atoms with van der Waals surface area (Å²) >= 11 is 0. The number of ether oxygens (including phenoxy) is 1. The molecule has 114 valence electrons. The van der Waals surface area contributed by atoms with Gasteiger partial charge in [0.15, 0.2) is 0 Å². The van der Waals surface area contributed by atoms with Crippen LogP contribution < -0.4 is 10.1 Å². The summed E-state index contributed by atoms with van der Waals surface area (Å²) in [4.78, 5) is 0. The number of nitrogens with one attached hydrogen (secondary N) is 1. The first kappa shape index (κ1) is 15.6. The number of furan rings is 1. The Balaban J connectivity index is 1.74. The van der Waals surface area contributed by atoms with Crippen molar-refractivity contribution in [1.82, 2.24) is 5.32 Å². The third-order valence-electron chi connectivity index (χ3n) is 3.43. The Hall–Kier alpha value is -1.74. The lowest BCUT2D eigenvalue weighted by atomic mass is 10.1. The van der Waals surface area contributed by atoms with Gasteiger partial charge in [0.25, 0.3) is 0 Å². The van der Waals surface area contributed by atoms with Crippen LogP contribution in [0, 0.1) is 0 Å². The third kappa shape index (κ3) is 5.64. The van der Waals surface area contributed by atoms with E-state index in [2.05, 4.69) is 37.4 Å². The van der Waals surface area contributed by atoms with Crippen LogP contribution >= 0.6 is 0 Å².